The van der Waals surface area contributed by atoms with Gasteiger partial charge in [0.2, 0.25) is 7.38 Å². The molecule has 0 aliphatic rings. The van der Waals surface area contributed by atoms with Crippen LogP contribution in [0.25, 0.3) is 33.4 Å². The second-order valence-electron chi connectivity index (χ2n) is 9.91. The van der Waals surface area contributed by atoms with Gasteiger partial charge in [-0.2, -0.15) is 0 Å². The third-order valence-corrected chi connectivity index (χ3v) is 13.5. The molecule has 6 aromatic rings. The van der Waals surface area contributed by atoms with Crippen LogP contribution in [0.5, 0.6) is 0 Å². The van der Waals surface area contributed by atoms with Crippen molar-refractivity contribution in [3.8, 4) is 33.4 Å². The molecular weight excluding hydrogens is 602 g/mol. The molecule has 0 saturated heterocycles. The second-order valence-corrected chi connectivity index (χ2v) is 16.0. The van der Waals surface area contributed by atoms with Crippen molar-refractivity contribution in [1.82, 2.24) is 0 Å². The average molecular weight is 626 g/mol. The molecule has 0 radical (unpaired) electrons. The van der Waals surface area contributed by atoms with E-state index < -0.39 is 7.38 Å². The van der Waals surface area contributed by atoms with Gasteiger partial charge < -0.3 is 0 Å². The van der Waals surface area contributed by atoms with Crippen molar-refractivity contribution in [1.29, 1.82) is 0 Å². The normalized spacial score (nSPS) is 11.4. The second kappa shape index (κ2) is 11.9. The highest BCUT2D eigenvalue weighted by Gasteiger charge is 2.38. The van der Waals surface area contributed by atoms with Crippen LogP contribution in [-0.4, -0.2) is 7.38 Å². The van der Waals surface area contributed by atoms with E-state index in [0.717, 1.165) is 64.0 Å². The van der Waals surface area contributed by atoms with Crippen LogP contribution >= 0.6 is 45.9 Å². The topological polar surface area (TPSA) is 0 Å². The molecular formula is C36H24Cl4Si. The van der Waals surface area contributed by atoms with Crippen LogP contribution in [0.4, 0.5) is 0 Å². The Morgan fingerprint density at radius 3 is 0.634 bits per heavy atom. The minimum absolute atomic E-state index is 0.724. The summed E-state index contributed by atoms with van der Waals surface area (Å²) in [5.74, 6) is 0. The van der Waals surface area contributed by atoms with Crippen molar-refractivity contribution in [3.05, 3.63) is 161 Å². The van der Waals surface area contributed by atoms with E-state index in [1.807, 2.05) is 72.8 Å². The molecule has 6 rings (SSSR count). The first-order valence-electron chi connectivity index (χ1n) is 13.2. The Kier molecular flexibility index (Phi) is 8.08. The molecule has 0 bridgehead atoms. The molecule has 5 heteroatoms. The van der Waals surface area contributed by atoms with Crippen LogP contribution in [0, 0.1) is 0 Å². The Hall–Kier alpha value is -3.30. The fourth-order valence-corrected chi connectivity index (χ4v) is 9.49. The molecule has 0 atom stereocenters. The molecule has 0 aliphatic carbocycles. The number of benzene rings is 6. The van der Waals surface area contributed by atoms with Crippen LogP contribution in [-0.2, 0) is 0 Å². The monoisotopic (exact) mass is 624 g/mol. The number of hydrogen-bond donors (Lipinski definition) is 0. The summed E-state index contributed by atoms with van der Waals surface area (Å²) in [7, 11) is -2.87. The zero-order chi connectivity index (χ0) is 28.4. The molecule has 0 aromatic heterocycles. The van der Waals surface area contributed by atoms with Crippen molar-refractivity contribution in [2.45, 2.75) is 0 Å². The van der Waals surface area contributed by atoms with Crippen molar-refractivity contribution in [2.75, 3.05) is 0 Å². The molecule has 41 heavy (non-hydrogen) atoms. The maximum absolute atomic E-state index is 7.86. The molecule has 0 unspecified atom stereocenters. The molecule has 0 spiro atoms. The zero-order valence-electron chi connectivity index (χ0n) is 21.9. The van der Waals surface area contributed by atoms with Crippen LogP contribution in [0.2, 0.25) is 15.1 Å². The van der Waals surface area contributed by atoms with Crippen LogP contribution in [0.15, 0.2) is 146 Å². The molecule has 0 fully saturated rings. The van der Waals surface area contributed by atoms with Crippen molar-refractivity contribution < 1.29 is 0 Å². The summed E-state index contributed by atoms with van der Waals surface area (Å²) in [5.41, 5.74) is 6.70. The van der Waals surface area contributed by atoms with Crippen LogP contribution in [0.1, 0.15) is 0 Å². The van der Waals surface area contributed by atoms with Gasteiger partial charge in [-0.15, -0.1) is 11.1 Å². The summed E-state index contributed by atoms with van der Waals surface area (Å²) in [4.78, 5) is 0. The molecule has 0 nitrogen and oxygen atoms in total. The number of hydrogen-bond acceptors (Lipinski definition) is 0. The predicted octanol–water partition coefficient (Wildman–Crippen LogP) is 9.85. The first kappa shape index (κ1) is 27.8. The fraction of sp³-hybridized carbons (Fsp3) is 0. The van der Waals surface area contributed by atoms with Gasteiger partial charge in [0.15, 0.2) is 0 Å². The lowest BCUT2D eigenvalue weighted by molar-refractivity contribution is 1.61. The maximum Gasteiger partial charge on any atom is 0.247 e. The molecule has 6 aromatic carbocycles. The van der Waals surface area contributed by atoms with Gasteiger partial charge in [0, 0.05) is 15.1 Å². The summed E-state index contributed by atoms with van der Waals surface area (Å²) >= 11 is 26.2. The number of halogens is 4. The van der Waals surface area contributed by atoms with E-state index in [-0.39, 0.29) is 0 Å². The third-order valence-electron chi connectivity index (χ3n) is 7.38. The summed E-state index contributed by atoms with van der Waals surface area (Å²) in [6.07, 6.45) is 0. The summed E-state index contributed by atoms with van der Waals surface area (Å²) in [5, 5.41) is 5.53. The van der Waals surface area contributed by atoms with Crippen LogP contribution < -0.4 is 15.6 Å². The first-order chi connectivity index (χ1) is 19.9. The first-order valence-corrected chi connectivity index (χ1v) is 17.3. The van der Waals surface area contributed by atoms with Crippen LogP contribution in [0.3, 0.4) is 0 Å². The van der Waals surface area contributed by atoms with Gasteiger partial charge in [-0.25, -0.2) is 0 Å². The lowest BCUT2D eigenvalue weighted by Crippen LogP contribution is -2.62. The van der Waals surface area contributed by atoms with Gasteiger partial charge in [0.25, 0.3) is 0 Å². The van der Waals surface area contributed by atoms with Gasteiger partial charge in [-0.1, -0.05) is 144 Å². The lowest BCUT2D eigenvalue weighted by atomic mass is 10.1. The Balaban J connectivity index is 1.41. The molecule has 0 aliphatic heterocycles. The maximum atomic E-state index is 7.86. The third kappa shape index (κ3) is 5.88. The Labute approximate surface area is 261 Å². The van der Waals surface area contributed by atoms with Gasteiger partial charge in [-0.05, 0) is 85.3 Å². The largest absolute Gasteiger partial charge is 0.247 e. The highest BCUT2D eigenvalue weighted by molar-refractivity contribution is 7.40. The van der Waals surface area contributed by atoms with Crippen molar-refractivity contribution in [2.24, 2.45) is 0 Å². The summed E-state index contributed by atoms with van der Waals surface area (Å²) < 4.78 is 0. The van der Waals surface area contributed by atoms with Crippen molar-refractivity contribution in [3.63, 3.8) is 0 Å². The van der Waals surface area contributed by atoms with E-state index >= 15 is 0 Å². The molecule has 0 saturated carbocycles. The molecule has 0 N–H and O–H groups in total. The summed E-state index contributed by atoms with van der Waals surface area (Å²) in [6, 6.07) is 49.6. The molecule has 200 valence electrons. The van der Waals surface area contributed by atoms with E-state index in [9.17, 15) is 0 Å². The van der Waals surface area contributed by atoms with Gasteiger partial charge in [0.05, 0.1) is 0 Å². The summed E-state index contributed by atoms with van der Waals surface area (Å²) in [6.45, 7) is 0. The molecule has 0 heterocycles. The van der Waals surface area contributed by atoms with E-state index in [0.29, 0.717) is 0 Å². The van der Waals surface area contributed by atoms with Gasteiger partial charge >= 0.3 is 0 Å². The Morgan fingerprint density at radius 2 is 0.439 bits per heavy atom. The number of rotatable bonds is 6. The highest BCUT2D eigenvalue weighted by atomic mass is 35.6. The highest BCUT2D eigenvalue weighted by Crippen LogP contribution is 2.25. The zero-order valence-corrected chi connectivity index (χ0v) is 25.9. The predicted molar refractivity (Wildman–Crippen MR) is 181 cm³/mol. The van der Waals surface area contributed by atoms with Gasteiger partial charge in [-0.3, -0.25) is 0 Å². The van der Waals surface area contributed by atoms with E-state index in [1.54, 1.807) is 0 Å². The fourth-order valence-electron chi connectivity index (χ4n) is 5.10. The minimum atomic E-state index is -2.87. The van der Waals surface area contributed by atoms with Gasteiger partial charge in [0.1, 0.15) is 0 Å². The lowest BCUT2D eigenvalue weighted by Gasteiger charge is -2.27. The van der Waals surface area contributed by atoms with E-state index in [1.165, 1.54) is 0 Å². The SMILES string of the molecule is Clc1ccc(-c2ccc([Si](Cl)(c3ccc(-c4ccc(Cl)cc4)cc3)c3ccc(-c4ccc(Cl)cc4)cc3)cc2)cc1. The Bertz CT molecular complexity index is 1550. The van der Waals surface area contributed by atoms with E-state index in [4.69, 9.17) is 45.9 Å². The van der Waals surface area contributed by atoms with E-state index in [2.05, 4.69) is 72.8 Å². The average Bonchev–Trinajstić information content (AvgIpc) is 3.02. The Morgan fingerprint density at radius 1 is 0.268 bits per heavy atom. The minimum Gasteiger partial charge on any atom is -0.149 e. The quantitative estimate of drug-likeness (QED) is 0.0981. The standard InChI is InChI=1S/C36H24Cl4Si/c37-31-13-1-25(2-14-31)28-7-19-34(20-8-28)41(40,35-21-9-29(10-22-35)26-3-15-32(38)16-4-26)36-23-11-30(12-24-36)27-5-17-33(39)18-6-27/h1-24H. The smallest absolute Gasteiger partial charge is 0.149 e. The van der Waals surface area contributed by atoms with Crippen molar-refractivity contribution >= 4 is 68.8 Å². The molecule has 0 amide bonds.